The second kappa shape index (κ2) is 6.64. The molecule has 0 spiro atoms. The average molecular weight is 279 g/mol. The van der Waals surface area contributed by atoms with E-state index in [-0.39, 0.29) is 10.5 Å². The van der Waals surface area contributed by atoms with Crippen LogP contribution >= 0.6 is 0 Å². The average Bonchev–Trinajstić information content (AvgIpc) is 2.40. The molecular formula is C13H10FNO3S. The van der Waals surface area contributed by atoms with Crippen molar-refractivity contribution in [3.8, 4) is 6.07 Å². The molecule has 2 aromatic rings. The van der Waals surface area contributed by atoms with Gasteiger partial charge in [0.15, 0.2) is 0 Å². The third kappa shape index (κ3) is 4.87. The summed E-state index contributed by atoms with van der Waals surface area (Å²) < 4.78 is 41.6. The summed E-state index contributed by atoms with van der Waals surface area (Å²) >= 11 is 0. The lowest BCUT2D eigenvalue weighted by atomic mass is 10.2. The number of rotatable bonds is 1. The Morgan fingerprint density at radius 2 is 1.53 bits per heavy atom. The lowest BCUT2D eigenvalue weighted by Crippen LogP contribution is -1.96. The van der Waals surface area contributed by atoms with Crippen molar-refractivity contribution in [1.82, 2.24) is 0 Å². The normalized spacial score (nSPS) is 9.95. The quantitative estimate of drug-likeness (QED) is 0.814. The van der Waals surface area contributed by atoms with Crippen molar-refractivity contribution in [2.45, 2.75) is 4.90 Å². The molecule has 0 saturated heterocycles. The van der Waals surface area contributed by atoms with Gasteiger partial charge >= 0.3 is 0 Å². The van der Waals surface area contributed by atoms with E-state index < -0.39 is 15.9 Å². The summed E-state index contributed by atoms with van der Waals surface area (Å²) in [6.45, 7) is 0. The highest BCUT2D eigenvalue weighted by molar-refractivity contribution is 7.85. The molecular weight excluding hydrogens is 269 g/mol. The first kappa shape index (κ1) is 14.8. The Morgan fingerprint density at radius 3 is 1.89 bits per heavy atom. The largest absolute Gasteiger partial charge is 0.294 e. The standard InChI is InChI=1S/C7H4FN.C6H6O3S/c8-7-4-2-1-3-6(7)5-9;7-10(8,9)6-4-2-1-3-5-6/h1-4H;1-5H,(H,7,8,9). The van der Waals surface area contributed by atoms with Gasteiger partial charge in [0, 0.05) is 0 Å². The first-order chi connectivity index (χ1) is 8.95. The van der Waals surface area contributed by atoms with Gasteiger partial charge < -0.3 is 0 Å². The van der Waals surface area contributed by atoms with E-state index in [0.717, 1.165) is 0 Å². The maximum absolute atomic E-state index is 12.4. The first-order valence-electron chi connectivity index (χ1n) is 5.12. The predicted octanol–water partition coefficient (Wildman–Crippen LogP) is 2.63. The molecule has 0 radical (unpaired) electrons. The zero-order chi connectivity index (χ0) is 14.3. The van der Waals surface area contributed by atoms with Crippen molar-refractivity contribution in [3.63, 3.8) is 0 Å². The fourth-order valence-electron chi connectivity index (χ4n) is 1.14. The first-order valence-corrected chi connectivity index (χ1v) is 6.56. The van der Waals surface area contributed by atoms with Crippen LogP contribution in [0.2, 0.25) is 0 Å². The lowest BCUT2D eigenvalue weighted by molar-refractivity contribution is 0.483. The second-order valence-electron chi connectivity index (χ2n) is 3.38. The molecule has 0 saturated carbocycles. The fourth-order valence-corrected chi connectivity index (χ4v) is 1.65. The SMILES string of the molecule is N#Cc1ccccc1F.O=S(=O)(O)c1ccccc1. The second-order valence-corrected chi connectivity index (χ2v) is 4.80. The van der Waals surface area contributed by atoms with Gasteiger partial charge in [0.2, 0.25) is 0 Å². The Morgan fingerprint density at radius 1 is 1.00 bits per heavy atom. The summed E-state index contributed by atoms with van der Waals surface area (Å²) in [6, 6.07) is 15.0. The number of nitrogens with zero attached hydrogens (tertiary/aromatic N) is 1. The summed E-state index contributed by atoms with van der Waals surface area (Å²) in [4.78, 5) is -0.0741. The van der Waals surface area contributed by atoms with E-state index in [0.29, 0.717) is 0 Å². The molecule has 4 nitrogen and oxygen atoms in total. The van der Waals surface area contributed by atoms with E-state index in [2.05, 4.69) is 0 Å². The van der Waals surface area contributed by atoms with Gasteiger partial charge in [-0.15, -0.1) is 0 Å². The summed E-state index contributed by atoms with van der Waals surface area (Å²) in [5.74, 6) is -0.458. The van der Waals surface area contributed by atoms with Crippen LogP contribution in [0.25, 0.3) is 0 Å². The van der Waals surface area contributed by atoms with Crippen molar-refractivity contribution in [2.24, 2.45) is 0 Å². The van der Waals surface area contributed by atoms with Gasteiger partial charge in [0.05, 0.1) is 10.5 Å². The molecule has 0 aromatic heterocycles. The highest BCUT2D eigenvalue weighted by Crippen LogP contribution is 2.05. The molecule has 0 amide bonds. The van der Waals surface area contributed by atoms with Gasteiger partial charge in [0.1, 0.15) is 11.9 Å². The minimum absolute atomic E-state index is 0.0741. The van der Waals surface area contributed by atoms with Crippen LogP contribution in [0.15, 0.2) is 59.5 Å². The van der Waals surface area contributed by atoms with Crippen LogP contribution in [0.1, 0.15) is 5.56 Å². The molecule has 1 N–H and O–H groups in total. The third-order valence-electron chi connectivity index (χ3n) is 2.04. The number of halogens is 1. The van der Waals surface area contributed by atoms with E-state index in [1.807, 2.05) is 0 Å². The van der Waals surface area contributed by atoms with Crippen LogP contribution in [-0.4, -0.2) is 13.0 Å². The molecule has 0 aliphatic rings. The Labute approximate surface area is 110 Å². The summed E-state index contributed by atoms with van der Waals surface area (Å²) in [6.07, 6.45) is 0. The van der Waals surface area contributed by atoms with Crippen molar-refractivity contribution in [2.75, 3.05) is 0 Å². The number of nitriles is 1. The Hall–Kier alpha value is -2.23. The topological polar surface area (TPSA) is 78.2 Å². The van der Waals surface area contributed by atoms with Gasteiger partial charge in [-0.05, 0) is 24.3 Å². The summed E-state index contributed by atoms with van der Waals surface area (Å²) in [5, 5.41) is 8.23. The molecule has 0 atom stereocenters. The van der Waals surface area contributed by atoms with Crippen LogP contribution in [-0.2, 0) is 10.1 Å². The molecule has 0 aliphatic heterocycles. The van der Waals surface area contributed by atoms with Crippen LogP contribution in [0.3, 0.4) is 0 Å². The van der Waals surface area contributed by atoms with Crippen LogP contribution in [0.5, 0.6) is 0 Å². The minimum atomic E-state index is -4.00. The van der Waals surface area contributed by atoms with Gasteiger partial charge in [-0.25, -0.2) is 4.39 Å². The molecule has 98 valence electrons. The number of hydrogen-bond acceptors (Lipinski definition) is 3. The molecule has 0 bridgehead atoms. The van der Waals surface area contributed by atoms with Crippen molar-refractivity contribution < 1.29 is 17.4 Å². The smallest absolute Gasteiger partial charge is 0.282 e. The summed E-state index contributed by atoms with van der Waals surface area (Å²) in [7, 11) is -4.00. The molecule has 0 fully saturated rings. The van der Waals surface area contributed by atoms with Gasteiger partial charge in [-0.3, -0.25) is 4.55 Å². The van der Waals surface area contributed by atoms with E-state index in [1.165, 1.54) is 24.3 Å². The van der Waals surface area contributed by atoms with Crippen LogP contribution in [0, 0.1) is 17.1 Å². The van der Waals surface area contributed by atoms with Crippen LogP contribution < -0.4 is 0 Å². The molecule has 2 rings (SSSR count). The van der Waals surface area contributed by atoms with Crippen LogP contribution in [0.4, 0.5) is 4.39 Å². The number of hydrogen-bond donors (Lipinski definition) is 1. The zero-order valence-corrected chi connectivity index (χ0v) is 10.5. The van der Waals surface area contributed by atoms with E-state index in [1.54, 1.807) is 36.4 Å². The summed E-state index contributed by atoms with van der Waals surface area (Å²) in [5.41, 5.74) is 0.0949. The molecule has 0 aliphatic carbocycles. The minimum Gasteiger partial charge on any atom is -0.282 e. The highest BCUT2D eigenvalue weighted by atomic mass is 32.2. The molecule has 2 aromatic carbocycles. The predicted molar refractivity (Wildman–Crippen MR) is 67.4 cm³/mol. The maximum atomic E-state index is 12.4. The fraction of sp³-hybridized carbons (Fsp3) is 0. The maximum Gasteiger partial charge on any atom is 0.294 e. The van der Waals surface area contributed by atoms with Gasteiger partial charge in [-0.2, -0.15) is 13.7 Å². The van der Waals surface area contributed by atoms with E-state index in [9.17, 15) is 12.8 Å². The van der Waals surface area contributed by atoms with Gasteiger partial charge in [-0.1, -0.05) is 30.3 Å². The highest BCUT2D eigenvalue weighted by Gasteiger charge is 2.05. The molecule has 0 unspecified atom stereocenters. The zero-order valence-electron chi connectivity index (χ0n) is 9.69. The monoisotopic (exact) mass is 279 g/mol. The number of benzene rings is 2. The molecule has 6 heteroatoms. The Balaban J connectivity index is 0.000000191. The molecule has 19 heavy (non-hydrogen) atoms. The lowest BCUT2D eigenvalue weighted by Gasteiger charge is -1.92. The van der Waals surface area contributed by atoms with Gasteiger partial charge in [0.25, 0.3) is 10.1 Å². The van der Waals surface area contributed by atoms with Crippen molar-refractivity contribution in [3.05, 3.63) is 66.0 Å². The Bertz CT molecular complexity index is 679. The van der Waals surface area contributed by atoms with E-state index in [4.69, 9.17) is 9.81 Å². The Kier molecular flexibility index (Phi) is 5.18. The van der Waals surface area contributed by atoms with Crippen molar-refractivity contribution in [1.29, 1.82) is 5.26 Å². The molecule has 0 heterocycles. The third-order valence-corrected chi connectivity index (χ3v) is 2.90. The van der Waals surface area contributed by atoms with E-state index >= 15 is 0 Å². The van der Waals surface area contributed by atoms with Crippen molar-refractivity contribution >= 4 is 10.1 Å².